The maximum atomic E-state index is 12.1. The molecule has 1 heterocycles. The standard InChI is InChI=1S/C19H27N3O2/c1-4-22(5-2)14(3)13-20-18(23)11-10-16-12-15-8-6-7-9-17(15)21-19(16)24/h6-9,12,14H,4-5,10-11,13H2,1-3H3,(H,20,23)(H,21,24). The predicted octanol–water partition coefficient (Wildman–Crippen LogP) is 2.31. The average Bonchev–Trinajstić information content (AvgIpc) is 2.59. The first-order valence-corrected chi connectivity index (χ1v) is 8.66. The number of benzene rings is 1. The number of nitrogens with one attached hydrogen (secondary N) is 2. The zero-order valence-electron chi connectivity index (χ0n) is 14.8. The molecule has 0 radical (unpaired) electrons. The van der Waals surface area contributed by atoms with E-state index < -0.39 is 0 Å². The molecule has 1 atom stereocenters. The van der Waals surface area contributed by atoms with Crippen molar-refractivity contribution < 1.29 is 4.79 Å². The lowest BCUT2D eigenvalue weighted by Gasteiger charge is -2.26. The third-order valence-corrected chi connectivity index (χ3v) is 4.48. The molecule has 0 fully saturated rings. The average molecular weight is 329 g/mol. The van der Waals surface area contributed by atoms with Crippen molar-refractivity contribution in [3.8, 4) is 0 Å². The van der Waals surface area contributed by atoms with Crippen LogP contribution in [0.5, 0.6) is 0 Å². The Kier molecular flexibility index (Phi) is 6.55. The predicted molar refractivity (Wildman–Crippen MR) is 98.3 cm³/mol. The fraction of sp³-hybridized carbons (Fsp3) is 0.474. The summed E-state index contributed by atoms with van der Waals surface area (Å²) < 4.78 is 0. The van der Waals surface area contributed by atoms with Crippen molar-refractivity contribution in [2.75, 3.05) is 19.6 Å². The number of likely N-dealkylation sites (N-methyl/N-ethyl adjacent to an activating group) is 1. The summed E-state index contributed by atoms with van der Waals surface area (Å²) in [6.45, 7) is 8.93. The van der Waals surface area contributed by atoms with Crippen LogP contribution in [-0.4, -0.2) is 41.5 Å². The van der Waals surface area contributed by atoms with E-state index in [0.717, 1.165) is 24.0 Å². The summed E-state index contributed by atoms with van der Waals surface area (Å²) in [4.78, 5) is 29.3. The Morgan fingerprint density at radius 3 is 2.67 bits per heavy atom. The van der Waals surface area contributed by atoms with Gasteiger partial charge >= 0.3 is 0 Å². The van der Waals surface area contributed by atoms with Gasteiger partial charge in [-0.3, -0.25) is 14.5 Å². The van der Waals surface area contributed by atoms with Gasteiger partial charge in [0, 0.05) is 30.1 Å². The van der Waals surface area contributed by atoms with Gasteiger partial charge in [0.2, 0.25) is 5.91 Å². The van der Waals surface area contributed by atoms with Gasteiger partial charge in [0.25, 0.3) is 5.56 Å². The summed E-state index contributed by atoms with van der Waals surface area (Å²) in [5.74, 6) is -0.0124. The van der Waals surface area contributed by atoms with Gasteiger partial charge in [0.05, 0.1) is 0 Å². The third kappa shape index (κ3) is 4.68. The van der Waals surface area contributed by atoms with Gasteiger partial charge in [-0.1, -0.05) is 32.0 Å². The van der Waals surface area contributed by atoms with Crippen LogP contribution in [-0.2, 0) is 11.2 Å². The van der Waals surface area contributed by atoms with Crippen LogP contribution in [0.15, 0.2) is 35.1 Å². The van der Waals surface area contributed by atoms with Gasteiger partial charge in [-0.2, -0.15) is 0 Å². The molecule has 0 aliphatic heterocycles. The van der Waals surface area contributed by atoms with Crippen LogP contribution in [0.25, 0.3) is 10.9 Å². The lowest BCUT2D eigenvalue weighted by molar-refractivity contribution is -0.121. The lowest BCUT2D eigenvalue weighted by Crippen LogP contribution is -2.42. The smallest absolute Gasteiger partial charge is 0.251 e. The second kappa shape index (κ2) is 8.64. The van der Waals surface area contributed by atoms with Crippen molar-refractivity contribution >= 4 is 16.8 Å². The zero-order valence-corrected chi connectivity index (χ0v) is 14.8. The minimum Gasteiger partial charge on any atom is -0.355 e. The third-order valence-electron chi connectivity index (χ3n) is 4.48. The Bertz CT molecular complexity index is 735. The monoisotopic (exact) mass is 329 g/mol. The highest BCUT2D eigenvalue weighted by Gasteiger charge is 2.12. The Balaban J connectivity index is 1.90. The highest BCUT2D eigenvalue weighted by atomic mass is 16.1. The van der Waals surface area contributed by atoms with E-state index >= 15 is 0 Å². The van der Waals surface area contributed by atoms with E-state index in [1.54, 1.807) is 0 Å². The molecule has 130 valence electrons. The molecule has 0 aliphatic carbocycles. The molecule has 2 N–H and O–H groups in total. The van der Waals surface area contributed by atoms with Crippen LogP contribution < -0.4 is 10.9 Å². The molecule has 1 unspecified atom stereocenters. The van der Waals surface area contributed by atoms with Crippen LogP contribution >= 0.6 is 0 Å². The summed E-state index contributed by atoms with van der Waals surface area (Å²) in [6.07, 6.45) is 0.776. The van der Waals surface area contributed by atoms with Crippen LogP contribution in [0, 0.1) is 0 Å². The number of aryl methyl sites for hydroxylation is 1. The summed E-state index contributed by atoms with van der Waals surface area (Å²) >= 11 is 0. The van der Waals surface area contributed by atoms with E-state index in [1.165, 1.54) is 0 Å². The number of rotatable bonds is 8. The Morgan fingerprint density at radius 1 is 1.25 bits per heavy atom. The first-order valence-electron chi connectivity index (χ1n) is 8.66. The number of nitrogens with zero attached hydrogens (tertiary/aromatic N) is 1. The minimum absolute atomic E-state index is 0.0124. The number of aromatic nitrogens is 1. The van der Waals surface area contributed by atoms with Crippen LogP contribution in [0.3, 0.4) is 0 Å². The fourth-order valence-corrected chi connectivity index (χ4v) is 2.95. The van der Waals surface area contributed by atoms with Crippen LogP contribution in [0.1, 0.15) is 32.8 Å². The highest BCUT2D eigenvalue weighted by Crippen LogP contribution is 2.11. The van der Waals surface area contributed by atoms with E-state index in [9.17, 15) is 9.59 Å². The number of H-pyrrole nitrogens is 1. The number of fused-ring (bicyclic) bond motifs is 1. The van der Waals surface area contributed by atoms with E-state index in [4.69, 9.17) is 0 Å². The SMILES string of the molecule is CCN(CC)C(C)CNC(=O)CCc1cc2ccccc2[nH]c1=O. The highest BCUT2D eigenvalue weighted by molar-refractivity contribution is 5.79. The second-order valence-electron chi connectivity index (χ2n) is 6.09. The second-order valence-corrected chi connectivity index (χ2v) is 6.09. The Morgan fingerprint density at radius 2 is 1.96 bits per heavy atom. The number of aromatic amines is 1. The molecule has 24 heavy (non-hydrogen) atoms. The minimum atomic E-state index is -0.113. The van der Waals surface area contributed by atoms with Gasteiger partial charge in [-0.05, 0) is 44.0 Å². The molecule has 1 amide bonds. The lowest BCUT2D eigenvalue weighted by atomic mass is 10.1. The van der Waals surface area contributed by atoms with Crippen molar-refractivity contribution in [3.05, 3.63) is 46.2 Å². The van der Waals surface area contributed by atoms with Crippen LogP contribution in [0.2, 0.25) is 0 Å². The van der Waals surface area contributed by atoms with Gasteiger partial charge in [0.1, 0.15) is 0 Å². The molecular formula is C19H27N3O2. The normalized spacial score (nSPS) is 12.5. The summed E-state index contributed by atoms with van der Waals surface area (Å²) in [6, 6.07) is 9.85. The maximum Gasteiger partial charge on any atom is 0.251 e. The molecule has 0 aliphatic rings. The van der Waals surface area contributed by atoms with Gasteiger partial charge < -0.3 is 10.3 Å². The number of hydrogen-bond acceptors (Lipinski definition) is 3. The van der Waals surface area contributed by atoms with Crippen molar-refractivity contribution in [2.24, 2.45) is 0 Å². The topological polar surface area (TPSA) is 65.2 Å². The van der Waals surface area contributed by atoms with Gasteiger partial charge in [0.15, 0.2) is 0 Å². The number of para-hydroxylation sites is 1. The summed E-state index contributed by atoms with van der Waals surface area (Å²) in [5, 5.41) is 3.95. The Hall–Kier alpha value is -2.14. The van der Waals surface area contributed by atoms with Crippen molar-refractivity contribution in [1.29, 1.82) is 0 Å². The molecule has 1 aromatic carbocycles. The quantitative estimate of drug-likeness (QED) is 0.781. The van der Waals surface area contributed by atoms with Crippen molar-refractivity contribution in [3.63, 3.8) is 0 Å². The molecule has 0 saturated carbocycles. The van der Waals surface area contributed by atoms with Crippen molar-refractivity contribution in [1.82, 2.24) is 15.2 Å². The molecule has 0 spiro atoms. The molecular weight excluding hydrogens is 302 g/mol. The first-order chi connectivity index (χ1) is 11.5. The summed E-state index contributed by atoms with van der Waals surface area (Å²) in [7, 11) is 0. The number of carbonyl (C=O) groups is 1. The maximum absolute atomic E-state index is 12.1. The summed E-state index contributed by atoms with van der Waals surface area (Å²) in [5.41, 5.74) is 1.36. The fourth-order valence-electron chi connectivity index (χ4n) is 2.95. The van der Waals surface area contributed by atoms with E-state index in [2.05, 4.69) is 36.0 Å². The van der Waals surface area contributed by atoms with E-state index in [-0.39, 0.29) is 11.5 Å². The molecule has 2 rings (SSSR count). The number of carbonyl (C=O) groups excluding carboxylic acids is 1. The number of pyridine rings is 1. The Labute approximate surface area is 143 Å². The molecule has 1 aromatic heterocycles. The first kappa shape index (κ1) is 18.2. The van der Waals surface area contributed by atoms with Gasteiger partial charge in [-0.15, -0.1) is 0 Å². The molecule has 0 bridgehead atoms. The number of amides is 1. The van der Waals surface area contributed by atoms with E-state index in [1.807, 2.05) is 30.3 Å². The molecule has 5 heteroatoms. The van der Waals surface area contributed by atoms with Crippen LogP contribution in [0.4, 0.5) is 0 Å². The van der Waals surface area contributed by atoms with Crippen molar-refractivity contribution in [2.45, 2.75) is 39.7 Å². The molecule has 5 nitrogen and oxygen atoms in total. The van der Waals surface area contributed by atoms with Gasteiger partial charge in [-0.25, -0.2) is 0 Å². The zero-order chi connectivity index (χ0) is 17.5. The number of hydrogen-bond donors (Lipinski definition) is 2. The molecule has 0 saturated heterocycles. The van der Waals surface area contributed by atoms with E-state index in [0.29, 0.717) is 31.0 Å². The molecule has 2 aromatic rings. The largest absolute Gasteiger partial charge is 0.355 e.